The number of nitrogens with one attached hydrogen (secondary N) is 2. The van der Waals surface area contributed by atoms with Crippen LogP contribution in [-0.2, 0) is 6.54 Å². The van der Waals surface area contributed by atoms with Crippen molar-refractivity contribution < 1.29 is 18.3 Å². The Hall–Kier alpha value is -3.20. The van der Waals surface area contributed by atoms with Crippen LogP contribution in [0.2, 0.25) is 0 Å². The van der Waals surface area contributed by atoms with Crippen LogP contribution >= 0.6 is 0 Å². The predicted molar refractivity (Wildman–Crippen MR) is 136 cm³/mol. The molecule has 0 saturated carbocycles. The summed E-state index contributed by atoms with van der Waals surface area (Å²) in [4.78, 5) is 30.5. The minimum Gasteiger partial charge on any atom is -0.496 e. The van der Waals surface area contributed by atoms with E-state index in [0.717, 1.165) is 29.4 Å². The second-order valence-corrected chi connectivity index (χ2v) is 9.63. The van der Waals surface area contributed by atoms with E-state index in [1.165, 1.54) is 7.11 Å². The number of likely N-dealkylation sites (tertiary alicyclic amines) is 1. The molecule has 1 saturated heterocycles. The van der Waals surface area contributed by atoms with E-state index < -0.39 is 6.43 Å². The third-order valence-electron chi connectivity index (χ3n) is 7.38. The van der Waals surface area contributed by atoms with Crippen LogP contribution in [0.1, 0.15) is 53.1 Å². The number of methoxy groups -OCH3 is 1. The third-order valence-corrected chi connectivity index (χ3v) is 7.38. The number of para-hydroxylation sites is 1. The number of pyridine rings is 1. The molecule has 36 heavy (non-hydrogen) atoms. The van der Waals surface area contributed by atoms with E-state index in [-0.39, 0.29) is 30.6 Å². The number of aromatic nitrogens is 2. The van der Waals surface area contributed by atoms with Crippen molar-refractivity contribution in [3.8, 4) is 5.75 Å². The lowest BCUT2D eigenvalue weighted by Gasteiger charge is -2.36. The van der Waals surface area contributed by atoms with Gasteiger partial charge in [-0.15, -0.1) is 0 Å². The summed E-state index contributed by atoms with van der Waals surface area (Å²) >= 11 is 0. The first-order valence-corrected chi connectivity index (χ1v) is 12.4. The highest BCUT2D eigenvalue weighted by Gasteiger charge is 2.30. The first kappa shape index (κ1) is 25.9. The van der Waals surface area contributed by atoms with Gasteiger partial charge in [0.2, 0.25) is 0 Å². The van der Waals surface area contributed by atoms with Gasteiger partial charge in [-0.25, -0.2) is 8.78 Å². The van der Waals surface area contributed by atoms with Crippen molar-refractivity contribution in [2.24, 2.45) is 5.92 Å². The predicted octanol–water partition coefficient (Wildman–Crippen LogP) is 4.42. The number of carbonyl (C=O) groups is 1. The lowest BCUT2D eigenvalue weighted by molar-refractivity contribution is 0.0631. The highest BCUT2D eigenvalue weighted by molar-refractivity contribution is 6.08. The maximum Gasteiger partial charge on any atom is 0.256 e. The summed E-state index contributed by atoms with van der Waals surface area (Å²) in [5.41, 5.74) is 3.14. The zero-order valence-corrected chi connectivity index (χ0v) is 21.2. The van der Waals surface area contributed by atoms with Gasteiger partial charge in [0.05, 0.1) is 31.3 Å². The summed E-state index contributed by atoms with van der Waals surface area (Å²) in [6.45, 7) is 7.02. The van der Waals surface area contributed by atoms with Gasteiger partial charge < -0.3 is 19.6 Å². The first-order chi connectivity index (χ1) is 17.2. The zero-order valence-electron chi connectivity index (χ0n) is 21.2. The van der Waals surface area contributed by atoms with Gasteiger partial charge in [0, 0.05) is 28.3 Å². The number of carbonyl (C=O) groups excluding carboxylic acids is 1. The summed E-state index contributed by atoms with van der Waals surface area (Å²) in [5.74, 6) is 0.491. The van der Waals surface area contributed by atoms with E-state index in [2.05, 4.69) is 21.8 Å². The fourth-order valence-electron chi connectivity index (χ4n) is 5.52. The molecule has 1 aliphatic heterocycles. The number of fused-ring (bicyclic) bond motifs is 1. The normalized spacial score (nSPS) is 16.0. The quantitative estimate of drug-likeness (QED) is 0.480. The molecule has 2 N–H and O–H groups in total. The zero-order chi connectivity index (χ0) is 26.0. The largest absolute Gasteiger partial charge is 0.496 e. The average Bonchev–Trinajstić information content (AvgIpc) is 3.14. The van der Waals surface area contributed by atoms with Gasteiger partial charge in [0.25, 0.3) is 17.9 Å². The number of ether oxygens (including phenoxy) is 1. The van der Waals surface area contributed by atoms with Crippen molar-refractivity contribution in [2.45, 2.75) is 52.6 Å². The molecule has 3 heterocycles. The Morgan fingerprint density at radius 1 is 1.22 bits per heavy atom. The fourth-order valence-corrected chi connectivity index (χ4v) is 5.52. The summed E-state index contributed by atoms with van der Waals surface area (Å²) in [6, 6.07) is 9.64. The number of hydrogen-bond donors (Lipinski definition) is 2. The molecule has 0 bridgehead atoms. The van der Waals surface area contributed by atoms with Crippen LogP contribution in [0.5, 0.6) is 5.75 Å². The molecule has 0 spiro atoms. The molecule has 1 unspecified atom stereocenters. The van der Waals surface area contributed by atoms with Gasteiger partial charge in [-0.2, -0.15) is 0 Å². The highest BCUT2D eigenvalue weighted by atomic mass is 19.3. The van der Waals surface area contributed by atoms with Gasteiger partial charge in [0.15, 0.2) is 0 Å². The Bertz CT molecular complexity index is 1290. The molecule has 1 aromatic carbocycles. The number of aromatic amines is 1. The Morgan fingerprint density at radius 3 is 2.58 bits per heavy atom. The molecule has 1 atom stereocenters. The molecule has 194 valence electrons. The topological polar surface area (TPSA) is 79.4 Å². The summed E-state index contributed by atoms with van der Waals surface area (Å²) in [5, 5.41) is 3.76. The van der Waals surface area contributed by atoms with Crippen LogP contribution in [0.3, 0.4) is 0 Å². The van der Waals surface area contributed by atoms with Crippen molar-refractivity contribution in [1.82, 2.24) is 19.8 Å². The van der Waals surface area contributed by atoms with E-state index in [0.29, 0.717) is 41.6 Å². The number of rotatable bonds is 8. The minimum absolute atomic E-state index is 0.0364. The number of nitrogens with zero attached hydrogens (tertiary/aromatic N) is 2. The van der Waals surface area contributed by atoms with Crippen molar-refractivity contribution in [2.75, 3.05) is 26.7 Å². The van der Waals surface area contributed by atoms with Gasteiger partial charge in [-0.05, 0) is 64.8 Å². The summed E-state index contributed by atoms with van der Waals surface area (Å²) in [6.07, 6.45) is -0.652. The van der Waals surface area contributed by atoms with Gasteiger partial charge in [-0.3, -0.25) is 14.5 Å². The van der Waals surface area contributed by atoms with E-state index >= 15 is 0 Å². The van der Waals surface area contributed by atoms with Crippen LogP contribution in [0.25, 0.3) is 10.9 Å². The number of aryl methyl sites for hydroxylation is 1. The van der Waals surface area contributed by atoms with Crippen LogP contribution in [0, 0.1) is 19.8 Å². The SMILES string of the molecule is COc1cc(C)[nH]c(=O)c1CNC(=O)c1c(C)n(C(C)C2CCN(CC(F)F)CC2)c2ccccc12. The molecule has 1 amide bonds. The number of amides is 1. The van der Waals surface area contributed by atoms with Crippen molar-refractivity contribution in [3.63, 3.8) is 0 Å². The van der Waals surface area contributed by atoms with Gasteiger partial charge in [0.1, 0.15) is 5.75 Å². The number of hydrogen-bond acceptors (Lipinski definition) is 4. The third kappa shape index (κ3) is 5.16. The second-order valence-electron chi connectivity index (χ2n) is 9.63. The van der Waals surface area contributed by atoms with E-state index in [1.807, 2.05) is 36.1 Å². The number of halogens is 2. The Morgan fingerprint density at radius 2 is 1.92 bits per heavy atom. The highest BCUT2D eigenvalue weighted by Crippen LogP contribution is 2.35. The van der Waals surface area contributed by atoms with Crippen molar-refractivity contribution in [1.29, 1.82) is 0 Å². The summed E-state index contributed by atoms with van der Waals surface area (Å²) < 4.78 is 33.1. The van der Waals surface area contributed by atoms with Crippen LogP contribution in [0.15, 0.2) is 35.1 Å². The molecule has 4 rings (SSSR count). The standard InChI is InChI=1S/C27H34F2N4O3/c1-16-13-23(36-4)21(26(34)31-16)14-30-27(35)25-18(3)33(22-8-6-5-7-20(22)25)17(2)19-9-11-32(12-10-19)15-24(28)29/h5-8,13,17,19,24H,9-12,14-15H2,1-4H3,(H,30,35)(H,31,34). The van der Waals surface area contributed by atoms with Crippen molar-refractivity contribution in [3.05, 3.63) is 63.2 Å². The maximum absolute atomic E-state index is 13.4. The Balaban J connectivity index is 1.59. The monoisotopic (exact) mass is 500 g/mol. The van der Waals surface area contributed by atoms with Gasteiger partial charge in [-0.1, -0.05) is 18.2 Å². The van der Waals surface area contributed by atoms with E-state index in [1.54, 1.807) is 13.0 Å². The van der Waals surface area contributed by atoms with E-state index in [4.69, 9.17) is 4.74 Å². The fraction of sp³-hybridized carbons (Fsp3) is 0.481. The molecule has 0 radical (unpaired) electrons. The molecule has 2 aromatic heterocycles. The lowest BCUT2D eigenvalue weighted by atomic mass is 9.90. The molecule has 1 aliphatic rings. The maximum atomic E-state index is 13.4. The molecule has 3 aromatic rings. The molecular formula is C27H34F2N4O3. The van der Waals surface area contributed by atoms with Crippen molar-refractivity contribution >= 4 is 16.8 Å². The summed E-state index contributed by atoms with van der Waals surface area (Å²) in [7, 11) is 1.50. The van der Waals surface area contributed by atoms with Gasteiger partial charge >= 0.3 is 0 Å². The average molecular weight is 501 g/mol. The molecule has 9 heteroatoms. The Kier molecular flexibility index (Phi) is 7.78. The minimum atomic E-state index is -2.31. The number of alkyl halides is 2. The lowest BCUT2D eigenvalue weighted by Crippen LogP contribution is -2.38. The molecular weight excluding hydrogens is 466 g/mol. The number of piperidine rings is 1. The molecule has 7 nitrogen and oxygen atoms in total. The second kappa shape index (κ2) is 10.8. The van der Waals surface area contributed by atoms with Crippen LogP contribution < -0.4 is 15.6 Å². The smallest absolute Gasteiger partial charge is 0.256 e. The van der Waals surface area contributed by atoms with Crippen LogP contribution in [-0.4, -0.2) is 53.5 Å². The number of H-pyrrole nitrogens is 1. The first-order valence-electron chi connectivity index (χ1n) is 12.4. The number of benzene rings is 1. The van der Waals surface area contributed by atoms with Crippen LogP contribution in [0.4, 0.5) is 8.78 Å². The molecule has 0 aliphatic carbocycles. The molecule has 1 fully saturated rings. The van der Waals surface area contributed by atoms with E-state index in [9.17, 15) is 18.4 Å². The Labute approximate surface area is 209 Å².